The number of benzene rings is 1. The maximum atomic E-state index is 12.0. The van der Waals surface area contributed by atoms with E-state index in [9.17, 15) is 4.79 Å². The molecule has 1 saturated heterocycles. The van der Waals surface area contributed by atoms with Crippen molar-refractivity contribution in [2.75, 3.05) is 13.1 Å². The van der Waals surface area contributed by atoms with E-state index in [1.54, 1.807) is 6.92 Å². The first kappa shape index (κ1) is 15.9. The van der Waals surface area contributed by atoms with Crippen LogP contribution in [0.25, 0.3) is 0 Å². The van der Waals surface area contributed by atoms with Gasteiger partial charge in [-0.3, -0.25) is 10.2 Å². The number of carbonyl (C=O) groups is 1. The smallest absolute Gasteiger partial charge is 0.248 e. The summed E-state index contributed by atoms with van der Waals surface area (Å²) in [5.41, 5.74) is 7.68. The van der Waals surface area contributed by atoms with Crippen LogP contribution in [-0.4, -0.2) is 31.2 Å². The number of hydrogen-bond donors (Lipinski definition) is 3. The second kappa shape index (κ2) is 7.54. The van der Waals surface area contributed by atoms with Crippen LogP contribution in [0, 0.1) is 5.92 Å². The molecule has 1 aliphatic rings. The van der Waals surface area contributed by atoms with Crippen molar-refractivity contribution in [3.05, 3.63) is 35.9 Å². The molecule has 3 atom stereocenters. The first-order valence-corrected chi connectivity index (χ1v) is 7.54. The standard InChI is InChI=1S/C16H25N3O2/c1-11(2)21-12(3)16(20)17-9-14-10-18-19-15(14)13-7-5-4-6-8-13/h4-8,11-12,14-15,18-19H,9-10H2,1-3H3,(H,17,20). The van der Waals surface area contributed by atoms with Gasteiger partial charge in [0.15, 0.2) is 0 Å². The van der Waals surface area contributed by atoms with Crippen LogP contribution in [0.15, 0.2) is 30.3 Å². The lowest BCUT2D eigenvalue weighted by Crippen LogP contribution is -2.39. The average molecular weight is 291 g/mol. The van der Waals surface area contributed by atoms with Gasteiger partial charge in [0.2, 0.25) is 5.91 Å². The summed E-state index contributed by atoms with van der Waals surface area (Å²) in [7, 11) is 0. The fourth-order valence-electron chi connectivity index (χ4n) is 2.59. The largest absolute Gasteiger partial charge is 0.366 e. The van der Waals surface area contributed by atoms with Crippen molar-refractivity contribution in [2.24, 2.45) is 5.92 Å². The van der Waals surface area contributed by atoms with Crippen LogP contribution in [0.5, 0.6) is 0 Å². The van der Waals surface area contributed by atoms with Crippen LogP contribution < -0.4 is 16.2 Å². The van der Waals surface area contributed by atoms with Gasteiger partial charge in [-0.15, -0.1) is 0 Å². The lowest BCUT2D eigenvalue weighted by molar-refractivity contribution is -0.134. The van der Waals surface area contributed by atoms with Crippen LogP contribution in [0.3, 0.4) is 0 Å². The molecule has 1 amide bonds. The van der Waals surface area contributed by atoms with Crippen LogP contribution in [-0.2, 0) is 9.53 Å². The molecule has 1 aromatic rings. The average Bonchev–Trinajstić information content (AvgIpc) is 2.93. The topological polar surface area (TPSA) is 62.4 Å². The summed E-state index contributed by atoms with van der Waals surface area (Å²) < 4.78 is 5.50. The van der Waals surface area contributed by atoms with E-state index in [-0.39, 0.29) is 18.1 Å². The maximum absolute atomic E-state index is 12.0. The van der Waals surface area contributed by atoms with Gasteiger partial charge in [-0.05, 0) is 26.3 Å². The molecular weight excluding hydrogens is 266 g/mol. The number of carbonyl (C=O) groups excluding carboxylic acids is 1. The molecule has 1 aromatic carbocycles. The molecule has 0 bridgehead atoms. The number of ether oxygens (including phenoxy) is 1. The normalized spacial score (nSPS) is 23.2. The Hall–Kier alpha value is -1.43. The number of amides is 1. The SMILES string of the molecule is CC(C)OC(C)C(=O)NCC1CNNC1c1ccccc1. The van der Waals surface area contributed by atoms with E-state index in [1.165, 1.54) is 5.56 Å². The van der Waals surface area contributed by atoms with Crippen LogP contribution in [0.4, 0.5) is 0 Å². The Balaban J connectivity index is 1.86. The molecule has 2 rings (SSSR count). The van der Waals surface area contributed by atoms with Gasteiger partial charge in [-0.1, -0.05) is 30.3 Å². The molecule has 0 aromatic heterocycles. The van der Waals surface area contributed by atoms with Gasteiger partial charge < -0.3 is 10.1 Å². The highest BCUT2D eigenvalue weighted by atomic mass is 16.5. The Bertz CT molecular complexity index is 450. The molecule has 5 nitrogen and oxygen atoms in total. The predicted molar refractivity (Wildman–Crippen MR) is 82.5 cm³/mol. The quantitative estimate of drug-likeness (QED) is 0.741. The van der Waals surface area contributed by atoms with Gasteiger partial charge in [-0.2, -0.15) is 0 Å². The maximum Gasteiger partial charge on any atom is 0.248 e. The highest BCUT2D eigenvalue weighted by Gasteiger charge is 2.28. The molecule has 116 valence electrons. The Morgan fingerprint density at radius 2 is 2.05 bits per heavy atom. The molecule has 5 heteroatoms. The minimum absolute atomic E-state index is 0.0533. The van der Waals surface area contributed by atoms with Crippen molar-refractivity contribution in [2.45, 2.75) is 39.0 Å². The molecular formula is C16H25N3O2. The van der Waals surface area contributed by atoms with Gasteiger partial charge >= 0.3 is 0 Å². The zero-order valence-electron chi connectivity index (χ0n) is 12.9. The summed E-state index contributed by atoms with van der Waals surface area (Å²) in [5, 5.41) is 2.99. The van der Waals surface area contributed by atoms with E-state index in [4.69, 9.17) is 4.74 Å². The fourth-order valence-corrected chi connectivity index (χ4v) is 2.59. The molecule has 0 saturated carbocycles. The van der Waals surface area contributed by atoms with Crippen molar-refractivity contribution in [1.29, 1.82) is 0 Å². The van der Waals surface area contributed by atoms with Crippen molar-refractivity contribution in [3.63, 3.8) is 0 Å². The van der Waals surface area contributed by atoms with Crippen LogP contribution in [0.1, 0.15) is 32.4 Å². The van der Waals surface area contributed by atoms with E-state index >= 15 is 0 Å². The number of nitrogens with one attached hydrogen (secondary N) is 3. The van der Waals surface area contributed by atoms with Crippen molar-refractivity contribution in [3.8, 4) is 0 Å². The molecule has 0 aliphatic carbocycles. The molecule has 3 N–H and O–H groups in total. The third kappa shape index (κ3) is 4.52. The molecule has 0 radical (unpaired) electrons. The van der Waals surface area contributed by atoms with E-state index in [0.29, 0.717) is 12.5 Å². The zero-order chi connectivity index (χ0) is 15.2. The van der Waals surface area contributed by atoms with Gasteiger partial charge in [0, 0.05) is 19.0 Å². The monoisotopic (exact) mass is 291 g/mol. The second-order valence-electron chi connectivity index (χ2n) is 5.75. The lowest BCUT2D eigenvalue weighted by atomic mass is 9.95. The Kier molecular flexibility index (Phi) is 5.73. The Morgan fingerprint density at radius 1 is 1.33 bits per heavy atom. The van der Waals surface area contributed by atoms with Crippen molar-refractivity contribution in [1.82, 2.24) is 16.2 Å². The van der Waals surface area contributed by atoms with E-state index in [0.717, 1.165) is 6.54 Å². The second-order valence-corrected chi connectivity index (χ2v) is 5.75. The molecule has 0 spiro atoms. The molecule has 1 fully saturated rings. The molecule has 21 heavy (non-hydrogen) atoms. The third-order valence-electron chi connectivity index (χ3n) is 3.64. The van der Waals surface area contributed by atoms with E-state index in [2.05, 4.69) is 28.3 Å². The first-order chi connectivity index (χ1) is 10.1. The van der Waals surface area contributed by atoms with Crippen LogP contribution in [0.2, 0.25) is 0 Å². The predicted octanol–water partition coefficient (Wildman–Crippen LogP) is 1.38. The zero-order valence-corrected chi connectivity index (χ0v) is 12.9. The summed E-state index contributed by atoms with van der Waals surface area (Å²) in [4.78, 5) is 12.0. The Morgan fingerprint density at radius 3 is 2.71 bits per heavy atom. The van der Waals surface area contributed by atoms with Crippen LogP contribution >= 0.6 is 0 Å². The fraction of sp³-hybridized carbons (Fsp3) is 0.562. The Labute approximate surface area is 126 Å². The minimum Gasteiger partial charge on any atom is -0.366 e. The van der Waals surface area contributed by atoms with Gasteiger partial charge in [-0.25, -0.2) is 5.43 Å². The molecule has 3 unspecified atom stereocenters. The molecule has 1 aliphatic heterocycles. The third-order valence-corrected chi connectivity index (χ3v) is 3.64. The number of rotatable bonds is 6. The summed E-state index contributed by atoms with van der Waals surface area (Å²) in [6.45, 7) is 7.11. The van der Waals surface area contributed by atoms with Gasteiger partial charge in [0.1, 0.15) is 6.10 Å². The highest BCUT2D eigenvalue weighted by molar-refractivity contribution is 5.80. The molecule has 1 heterocycles. The number of hydrogen-bond acceptors (Lipinski definition) is 4. The van der Waals surface area contributed by atoms with Crippen molar-refractivity contribution < 1.29 is 9.53 Å². The summed E-state index contributed by atoms with van der Waals surface area (Å²) in [6.07, 6.45) is -0.361. The minimum atomic E-state index is -0.414. The van der Waals surface area contributed by atoms with Gasteiger partial charge in [0.05, 0.1) is 12.1 Å². The van der Waals surface area contributed by atoms with E-state index in [1.807, 2.05) is 32.0 Å². The summed E-state index contributed by atoms with van der Waals surface area (Å²) in [6, 6.07) is 10.5. The van der Waals surface area contributed by atoms with E-state index < -0.39 is 6.10 Å². The summed E-state index contributed by atoms with van der Waals surface area (Å²) >= 11 is 0. The lowest BCUT2D eigenvalue weighted by Gasteiger charge is -2.21. The number of hydrazine groups is 1. The van der Waals surface area contributed by atoms with Crippen molar-refractivity contribution >= 4 is 5.91 Å². The highest BCUT2D eigenvalue weighted by Crippen LogP contribution is 2.23. The summed E-state index contributed by atoms with van der Waals surface area (Å²) in [5.74, 6) is 0.269. The van der Waals surface area contributed by atoms with Gasteiger partial charge in [0.25, 0.3) is 0 Å². The first-order valence-electron chi connectivity index (χ1n) is 7.54.